The van der Waals surface area contributed by atoms with E-state index in [-0.39, 0.29) is 30.6 Å². The Labute approximate surface area is 213 Å². The maximum Gasteiger partial charge on any atom is 0.327 e. The lowest BCUT2D eigenvalue weighted by molar-refractivity contribution is -0.128. The van der Waals surface area contributed by atoms with Crippen LogP contribution in [0.5, 0.6) is 5.75 Å². The van der Waals surface area contributed by atoms with E-state index in [1.54, 1.807) is 22.4 Å². The predicted molar refractivity (Wildman–Crippen MR) is 137 cm³/mol. The second-order valence-electron chi connectivity index (χ2n) is 9.51. The normalized spacial score (nSPS) is 20.8. The quantitative estimate of drug-likeness (QED) is 0.490. The van der Waals surface area contributed by atoms with Crippen molar-refractivity contribution in [2.24, 2.45) is 0 Å². The van der Waals surface area contributed by atoms with E-state index in [2.05, 4.69) is 10.3 Å². The van der Waals surface area contributed by atoms with Crippen LogP contribution >= 0.6 is 22.9 Å². The SMILES string of the molecule is Cc1cc(Cl)cc(-c2ccnc3cc(CN4C(=O)C5CCCN5C4=O)sc23)c1OC1CCNCC1. The average molecular weight is 511 g/mol. The van der Waals surface area contributed by atoms with Crippen LogP contribution in [0.1, 0.15) is 36.1 Å². The minimum Gasteiger partial charge on any atom is -0.489 e. The molecule has 7 nitrogen and oxygen atoms in total. The fourth-order valence-corrected chi connectivity index (χ4v) is 6.83. The topological polar surface area (TPSA) is 74.8 Å². The number of imide groups is 1. The van der Waals surface area contributed by atoms with Crippen molar-refractivity contribution in [3.63, 3.8) is 0 Å². The summed E-state index contributed by atoms with van der Waals surface area (Å²) >= 11 is 8.07. The van der Waals surface area contributed by atoms with Gasteiger partial charge in [-0.15, -0.1) is 11.3 Å². The molecule has 3 saturated heterocycles. The van der Waals surface area contributed by atoms with Crippen LogP contribution in [-0.2, 0) is 11.3 Å². The Balaban J connectivity index is 1.36. The van der Waals surface area contributed by atoms with Crippen molar-refractivity contribution in [3.8, 4) is 16.9 Å². The number of urea groups is 1. The van der Waals surface area contributed by atoms with Gasteiger partial charge in [0.15, 0.2) is 0 Å². The molecule has 1 atom stereocenters. The zero-order chi connectivity index (χ0) is 24.1. The number of fused-ring (bicyclic) bond motifs is 2. The van der Waals surface area contributed by atoms with E-state index >= 15 is 0 Å². The third-order valence-corrected chi connectivity index (χ3v) is 8.52. The molecule has 1 unspecified atom stereocenters. The Morgan fingerprint density at radius 1 is 1.17 bits per heavy atom. The first-order valence-corrected chi connectivity index (χ1v) is 13.4. The summed E-state index contributed by atoms with van der Waals surface area (Å²) in [6.07, 6.45) is 5.53. The van der Waals surface area contributed by atoms with E-state index in [1.807, 2.05) is 31.2 Å². The fraction of sp³-hybridized carbons (Fsp3) is 0.423. The van der Waals surface area contributed by atoms with E-state index in [0.29, 0.717) is 11.6 Å². The Kier molecular flexibility index (Phi) is 5.90. The molecule has 182 valence electrons. The van der Waals surface area contributed by atoms with Crippen LogP contribution in [0.25, 0.3) is 21.3 Å². The Bertz CT molecular complexity index is 1300. The monoisotopic (exact) mass is 510 g/mol. The number of amides is 3. The van der Waals surface area contributed by atoms with Crippen molar-refractivity contribution >= 4 is 45.1 Å². The van der Waals surface area contributed by atoms with Crippen LogP contribution in [0.3, 0.4) is 0 Å². The molecular formula is C26H27ClN4O3S. The average Bonchev–Trinajstić information content (AvgIpc) is 3.55. The lowest BCUT2D eigenvalue weighted by Gasteiger charge is -2.26. The number of carbonyl (C=O) groups is 2. The molecule has 1 N–H and O–H groups in total. The molecule has 3 aliphatic heterocycles. The van der Waals surface area contributed by atoms with Crippen LogP contribution in [0.2, 0.25) is 5.02 Å². The van der Waals surface area contributed by atoms with Crippen molar-refractivity contribution in [2.45, 2.75) is 51.3 Å². The Morgan fingerprint density at radius 3 is 2.80 bits per heavy atom. The van der Waals surface area contributed by atoms with E-state index in [4.69, 9.17) is 16.3 Å². The van der Waals surface area contributed by atoms with Gasteiger partial charge in [-0.2, -0.15) is 0 Å². The Morgan fingerprint density at radius 2 is 2.00 bits per heavy atom. The lowest BCUT2D eigenvalue weighted by atomic mass is 10.0. The highest BCUT2D eigenvalue weighted by molar-refractivity contribution is 7.19. The number of nitrogens with zero attached hydrogens (tertiary/aromatic N) is 3. The van der Waals surface area contributed by atoms with Gasteiger partial charge in [0.1, 0.15) is 17.9 Å². The van der Waals surface area contributed by atoms with Gasteiger partial charge in [0, 0.05) is 33.8 Å². The van der Waals surface area contributed by atoms with Crippen LogP contribution < -0.4 is 10.1 Å². The molecule has 6 rings (SSSR count). The molecule has 0 radical (unpaired) electrons. The molecule has 1 aromatic carbocycles. The molecule has 9 heteroatoms. The van der Waals surface area contributed by atoms with Gasteiger partial charge in [0.25, 0.3) is 5.91 Å². The van der Waals surface area contributed by atoms with Crippen molar-refractivity contribution in [2.75, 3.05) is 19.6 Å². The molecule has 3 amide bonds. The second kappa shape index (κ2) is 9.08. The summed E-state index contributed by atoms with van der Waals surface area (Å²) < 4.78 is 7.54. The first-order valence-electron chi connectivity index (χ1n) is 12.2. The predicted octanol–water partition coefficient (Wildman–Crippen LogP) is 4.98. The first-order chi connectivity index (χ1) is 17.0. The zero-order valence-corrected chi connectivity index (χ0v) is 21.1. The number of halogens is 1. The third-order valence-electron chi connectivity index (χ3n) is 7.16. The first kappa shape index (κ1) is 22.8. The van der Waals surface area contributed by atoms with Gasteiger partial charge in [-0.3, -0.25) is 14.7 Å². The molecule has 0 aliphatic carbocycles. The van der Waals surface area contributed by atoms with Gasteiger partial charge in [-0.25, -0.2) is 4.79 Å². The number of hydrogen-bond donors (Lipinski definition) is 1. The molecule has 35 heavy (non-hydrogen) atoms. The van der Waals surface area contributed by atoms with E-state index in [0.717, 1.165) is 76.3 Å². The zero-order valence-electron chi connectivity index (χ0n) is 19.6. The highest BCUT2D eigenvalue weighted by Gasteiger charge is 2.47. The molecule has 5 heterocycles. The summed E-state index contributed by atoms with van der Waals surface area (Å²) in [5, 5.41) is 4.04. The summed E-state index contributed by atoms with van der Waals surface area (Å²) in [6.45, 7) is 4.87. The summed E-state index contributed by atoms with van der Waals surface area (Å²) in [5.41, 5.74) is 3.79. The van der Waals surface area contributed by atoms with Crippen molar-refractivity contribution in [1.82, 2.24) is 20.1 Å². The van der Waals surface area contributed by atoms with Gasteiger partial charge in [-0.05, 0) is 75.5 Å². The maximum atomic E-state index is 12.8. The van der Waals surface area contributed by atoms with Crippen LogP contribution in [0, 0.1) is 6.92 Å². The Hall–Kier alpha value is -2.68. The number of pyridine rings is 1. The van der Waals surface area contributed by atoms with E-state index < -0.39 is 0 Å². The number of aromatic nitrogens is 1. The number of rotatable bonds is 5. The van der Waals surface area contributed by atoms with Crippen LogP contribution in [0.4, 0.5) is 4.79 Å². The molecule has 0 saturated carbocycles. The number of benzene rings is 1. The van der Waals surface area contributed by atoms with Gasteiger partial charge in [0.2, 0.25) is 0 Å². The number of carbonyl (C=O) groups excluding carboxylic acids is 2. The number of aryl methyl sites for hydroxylation is 1. The molecular weight excluding hydrogens is 484 g/mol. The number of thiophene rings is 1. The highest BCUT2D eigenvalue weighted by Crippen LogP contribution is 2.42. The van der Waals surface area contributed by atoms with Gasteiger partial charge >= 0.3 is 6.03 Å². The minimum absolute atomic E-state index is 0.0822. The largest absolute Gasteiger partial charge is 0.489 e. The van der Waals surface area contributed by atoms with Crippen LogP contribution in [0.15, 0.2) is 30.5 Å². The molecule has 0 spiro atoms. The molecule has 3 aliphatic rings. The minimum atomic E-state index is -0.283. The van der Waals surface area contributed by atoms with E-state index in [9.17, 15) is 9.59 Å². The van der Waals surface area contributed by atoms with Gasteiger partial charge in [0.05, 0.1) is 16.8 Å². The molecule has 3 fully saturated rings. The van der Waals surface area contributed by atoms with Gasteiger partial charge < -0.3 is 15.0 Å². The number of piperidine rings is 1. The van der Waals surface area contributed by atoms with Crippen molar-refractivity contribution in [3.05, 3.63) is 45.9 Å². The van der Waals surface area contributed by atoms with Crippen LogP contribution in [-0.4, -0.2) is 58.5 Å². The van der Waals surface area contributed by atoms with Gasteiger partial charge in [-0.1, -0.05) is 11.6 Å². The summed E-state index contributed by atoms with van der Waals surface area (Å²) in [6, 6.07) is 7.42. The number of ether oxygens (including phenoxy) is 1. The van der Waals surface area contributed by atoms with Crippen molar-refractivity contribution < 1.29 is 14.3 Å². The summed E-state index contributed by atoms with van der Waals surface area (Å²) in [7, 11) is 0. The standard InChI is InChI=1S/C26H27ClN4O3S/c1-15-11-16(27)12-20(23(15)34-17-4-7-28-8-5-17)19-6-9-29-21-13-18(35-24(19)21)14-31-25(32)22-3-2-10-30(22)26(31)33/h6,9,11-13,17,22,28H,2-5,7-8,10,14H2,1H3. The smallest absolute Gasteiger partial charge is 0.327 e. The summed E-state index contributed by atoms with van der Waals surface area (Å²) in [4.78, 5) is 34.2. The molecule has 3 aromatic rings. The maximum absolute atomic E-state index is 12.8. The fourth-order valence-electron chi connectivity index (χ4n) is 5.43. The third kappa shape index (κ3) is 4.07. The van der Waals surface area contributed by atoms with E-state index in [1.165, 1.54) is 4.90 Å². The van der Waals surface area contributed by atoms with Crippen molar-refractivity contribution in [1.29, 1.82) is 0 Å². The lowest BCUT2D eigenvalue weighted by Crippen LogP contribution is -2.34. The second-order valence-corrected chi connectivity index (χ2v) is 11.1. The number of hydrogen-bond acceptors (Lipinski definition) is 6. The highest BCUT2D eigenvalue weighted by atomic mass is 35.5. The summed E-state index contributed by atoms with van der Waals surface area (Å²) in [5.74, 6) is 0.774. The molecule has 2 aromatic heterocycles. The molecule has 0 bridgehead atoms. The number of nitrogens with one attached hydrogen (secondary N) is 1.